The summed E-state index contributed by atoms with van der Waals surface area (Å²) in [6, 6.07) is 9.31. The smallest absolute Gasteiger partial charge is 0.128 e. The molecule has 0 amide bonds. The molecule has 0 aliphatic heterocycles. The van der Waals surface area contributed by atoms with Gasteiger partial charge in [0.2, 0.25) is 0 Å². The third-order valence-corrected chi connectivity index (χ3v) is 2.94. The maximum atomic E-state index is 8.73. The molecule has 15 heavy (non-hydrogen) atoms. The first-order valence-electron chi connectivity index (χ1n) is 4.12. The van der Waals surface area contributed by atoms with Crippen LogP contribution in [0, 0.1) is 11.3 Å². The Bertz CT molecular complexity index is 540. The van der Waals surface area contributed by atoms with Crippen molar-refractivity contribution in [3.05, 3.63) is 45.1 Å². The van der Waals surface area contributed by atoms with Gasteiger partial charge in [0.25, 0.3) is 0 Å². The van der Waals surface area contributed by atoms with Gasteiger partial charge in [-0.25, -0.2) is 4.68 Å². The molecule has 0 N–H and O–H groups in total. The first-order chi connectivity index (χ1) is 7.20. The zero-order chi connectivity index (χ0) is 10.8. The molecule has 0 radical (unpaired) electrons. The summed E-state index contributed by atoms with van der Waals surface area (Å²) >= 11 is 6.69. The van der Waals surface area contributed by atoms with Crippen LogP contribution in [0.4, 0.5) is 0 Å². The number of benzene rings is 1. The van der Waals surface area contributed by atoms with Crippen molar-refractivity contribution in [2.75, 3.05) is 0 Å². The molecule has 1 aromatic carbocycles. The predicted molar refractivity (Wildman–Crippen MR) is 63.7 cm³/mol. The SMILES string of the molecule is N#Cc1ccc(-n2ccc(Br)n2)c(Br)c1. The van der Waals surface area contributed by atoms with Crippen molar-refractivity contribution in [3.63, 3.8) is 0 Å². The molecule has 1 aromatic heterocycles. The Morgan fingerprint density at radius 3 is 2.60 bits per heavy atom. The molecule has 0 saturated carbocycles. The summed E-state index contributed by atoms with van der Waals surface area (Å²) in [6.45, 7) is 0. The minimum atomic E-state index is 0.622. The number of nitriles is 1. The van der Waals surface area contributed by atoms with E-state index in [-0.39, 0.29) is 0 Å². The average Bonchev–Trinajstić information content (AvgIpc) is 2.64. The van der Waals surface area contributed by atoms with Gasteiger partial charge in [-0.05, 0) is 56.1 Å². The van der Waals surface area contributed by atoms with E-state index in [9.17, 15) is 0 Å². The number of hydrogen-bond acceptors (Lipinski definition) is 2. The van der Waals surface area contributed by atoms with Crippen LogP contribution in [0.3, 0.4) is 0 Å². The number of rotatable bonds is 1. The zero-order valence-electron chi connectivity index (χ0n) is 7.48. The first-order valence-corrected chi connectivity index (χ1v) is 5.70. The maximum absolute atomic E-state index is 8.73. The summed E-state index contributed by atoms with van der Waals surface area (Å²) in [5.41, 5.74) is 1.52. The van der Waals surface area contributed by atoms with E-state index in [4.69, 9.17) is 5.26 Å². The summed E-state index contributed by atoms with van der Waals surface area (Å²) in [7, 11) is 0. The fraction of sp³-hybridized carbons (Fsp3) is 0. The average molecular weight is 327 g/mol. The standard InChI is InChI=1S/C10H5Br2N3/c11-8-5-7(6-13)1-2-9(8)15-4-3-10(12)14-15/h1-5H. The van der Waals surface area contributed by atoms with Crippen LogP contribution in [0.2, 0.25) is 0 Å². The normalized spacial score (nSPS) is 9.93. The van der Waals surface area contributed by atoms with E-state index in [1.54, 1.807) is 16.8 Å². The molecule has 0 saturated heterocycles. The lowest BCUT2D eigenvalue weighted by atomic mass is 10.2. The third kappa shape index (κ3) is 2.11. The Balaban J connectivity index is 2.51. The lowest BCUT2D eigenvalue weighted by Gasteiger charge is -2.03. The quantitative estimate of drug-likeness (QED) is 0.807. The number of hydrogen-bond donors (Lipinski definition) is 0. The van der Waals surface area contributed by atoms with Crippen LogP contribution in [0.1, 0.15) is 5.56 Å². The molecular formula is C10H5Br2N3. The molecule has 2 rings (SSSR count). The Kier molecular flexibility index (Phi) is 2.89. The first kappa shape index (κ1) is 10.4. The molecule has 3 nitrogen and oxygen atoms in total. The van der Waals surface area contributed by atoms with Crippen molar-refractivity contribution in [2.24, 2.45) is 0 Å². The van der Waals surface area contributed by atoms with Crippen LogP contribution in [0.15, 0.2) is 39.5 Å². The molecule has 0 fully saturated rings. The summed E-state index contributed by atoms with van der Waals surface area (Å²) in [5.74, 6) is 0. The Hall–Kier alpha value is -1.12. The Morgan fingerprint density at radius 1 is 1.27 bits per heavy atom. The van der Waals surface area contributed by atoms with Gasteiger partial charge >= 0.3 is 0 Å². The summed E-state index contributed by atoms with van der Waals surface area (Å²) in [4.78, 5) is 0. The molecule has 0 aliphatic carbocycles. The maximum Gasteiger partial charge on any atom is 0.128 e. The van der Waals surface area contributed by atoms with Crippen molar-refractivity contribution in [1.29, 1.82) is 5.26 Å². The fourth-order valence-corrected chi connectivity index (χ4v) is 2.05. The van der Waals surface area contributed by atoms with E-state index < -0.39 is 0 Å². The van der Waals surface area contributed by atoms with Crippen LogP contribution in [-0.2, 0) is 0 Å². The van der Waals surface area contributed by atoms with Crippen molar-refractivity contribution in [2.45, 2.75) is 0 Å². The zero-order valence-corrected chi connectivity index (χ0v) is 10.7. The van der Waals surface area contributed by atoms with Gasteiger partial charge in [-0.3, -0.25) is 0 Å². The minimum Gasteiger partial charge on any atom is -0.239 e. The molecule has 0 atom stereocenters. The number of nitrogens with zero attached hydrogens (tertiary/aromatic N) is 3. The van der Waals surface area contributed by atoms with Crippen LogP contribution in [0.25, 0.3) is 5.69 Å². The van der Waals surface area contributed by atoms with Crippen molar-refractivity contribution in [1.82, 2.24) is 9.78 Å². The Morgan fingerprint density at radius 2 is 2.07 bits per heavy atom. The van der Waals surface area contributed by atoms with Crippen LogP contribution in [0.5, 0.6) is 0 Å². The summed E-state index contributed by atoms with van der Waals surface area (Å²) < 4.78 is 3.35. The largest absolute Gasteiger partial charge is 0.239 e. The van der Waals surface area contributed by atoms with E-state index in [0.29, 0.717) is 5.56 Å². The van der Waals surface area contributed by atoms with Crippen molar-refractivity contribution in [3.8, 4) is 11.8 Å². The lowest BCUT2D eigenvalue weighted by molar-refractivity contribution is 0.866. The van der Waals surface area contributed by atoms with E-state index in [0.717, 1.165) is 14.8 Å². The van der Waals surface area contributed by atoms with Gasteiger partial charge in [0.05, 0.1) is 17.3 Å². The molecule has 0 aliphatic rings. The molecule has 0 spiro atoms. The Labute approximate surface area is 104 Å². The lowest BCUT2D eigenvalue weighted by Crippen LogP contribution is -1.95. The van der Waals surface area contributed by atoms with Crippen molar-refractivity contribution >= 4 is 31.9 Å². The summed E-state index contributed by atoms with van der Waals surface area (Å²) in [6.07, 6.45) is 1.84. The van der Waals surface area contributed by atoms with Crippen LogP contribution in [-0.4, -0.2) is 9.78 Å². The van der Waals surface area contributed by atoms with E-state index in [1.807, 2.05) is 18.3 Å². The van der Waals surface area contributed by atoms with Gasteiger partial charge in [0.15, 0.2) is 0 Å². The molecule has 2 aromatic rings. The molecular weight excluding hydrogens is 322 g/mol. The van der Waals surface area contributed by atoms with E-state index in [1.165, 1.54) is 0 Å². The second kappa shape index (κ2) is 4.17. The highest BCUT2D eigenvalue weighted by molar-refractivity contribution is 9.10. The van der Waals surface area contributed by atoms with Crippen LogP contribution < -0.4 is 0 Å². The monoisotopic (exact) mass is 325 g/mol. The van der Waals surface area contributed by atoms with Gasteiger partial charge in [-0.2, -0.15) is 10.4 Å². The second-order valence-corrected chi connectivity index (χ2v) is 4.53. The highest BCUT2D eigenvalue weighted by Gasteiger charge is 2.04. The summed E-state index contributed by atoms with van der Waals surface area (Å²) in [5, 5.41) is 12.9. The molecule has 0 unspecified atom stereocenters. The molecule has 5 heteroatoms. The third-order valence-electron chi connectivity index (χ3n) is 1.88. The van der Waals surface area contributed by atoms with Crippen LogP contribution >= 0.6 is 31.9 Å². The van der Waals surface area contributed by atoms with Gasteiger partial charge in [0.1, 0.15) is 4.60 Å². The van der Waals surface area contributed by atoms with Gasteiger partial charge in [0, 0.05) is 10.7 Å². The molecule has 1 heterocycles. The number of aromatic nitrogens is 2. The van der Waals surface area contributed by atoms with Gasteiger partial charge in [-0.15, -0.1) is 0 Å². The van der Waals surface area contributed by atoms with E-state index in [2.05, 4.69) is 43.0 Å². The van der Waals surface area contributed by atoms with Crippen molar-refractivity contribution < 1.29 is 0 Å². The van der Waals surface area contributed by atoms with Gasteiger partial charge < -0.3 is 0 Å². The fourth-order valence-electron chi connectivity index (χ4n) is 1.20. The van der Waals surface area contributed by atoms with E-state index >= 15 is 0 Å². The topological polar surface area (TPSA) is 41.6 Å². The molecule has 0 bridgehead atoms. The predicted octanol–water partition coefficient (Wildman–Crippen LogP) is 3.27. The second-order valence-electron chi connectivity index (χ2n) is 2.86. The highest BCUT2D eigenvalue weighted by Crippen LogP contribution is 2.22. The highest BCUT2D eigenvalue weighted by atomic mass is 79.9. The molecule has 74 valence electrons. The minimum absolute atomic E-state index is 0.622. The number of halogens is 2. The van der Waals surface area contributed by atoms with Gasteiger partial charge in [-0.1, -0.05) is 0 Å².